The molecule has 0 aromatic heterocycles. The van der Waals surface area contributed by atoms with E-state index in [1.54, 1.807) is 19.1 Å². The smallest absolute Gasteiger partial charge is 0.126 e. The molecular weight excluding hydrogens is 248 g/mol. The first kappa shape index (κ1) is 13.0. The highest BCUT2D eigenvalue weighted by Gasteiger charge is 2.03. The Morgan fingerprint density at radius 2 is 1.95 bits per heavy atom. The summed E-state index contributed by atoms with van der Waals surface area (Å²) < 4.78 is 31.7. The average molecular weight is 259 g/mol. The summed E-state index contributed by atoms with van der Waals surface area (Å²) in [4.78, 5) is 0. The Kier molecular flexibility index (Phi) is 3.76. The lowest BCUT2D eigenvalue weighted by Crippen LogP contribution is -1.97. The second-order valence-electron chi connectivity index (χ2n) is 4.16. The number of ether oxygens (including phenoxy) is 1. The fraction of sp³-hybridized carbons (Fsp3) is 0.133. The quantitative estimate of drug-likeness (QED) is 0.841. The molecule has 0 saturated carbocycles. The monoisotopic (exact) mass is 259 g/mol. The third kappa shape index (κ3) is 3.29. The van der Waals surface area contributed by atoms with Gasteiger partial charge in [-0.25, -0.2) is 8.78 Å². The van der Waals surface area contributed by atoms with Crippen molar-refractivity contribution in [3.8, 4) is 11.8 Å². The topological polar surface area (TPSA) is 33.0 Å². The number of aryl methyl sites for hydroxylation is 1. The zero-order chi connectivity index (χ0) is 13.8. The van der Waals surface area contributed by atoms with E-state index >= 15 is 0 Å². The zero-order valence-corrected chi connectivity index (χ0v) is 10.3. The minimum absolute atomic E-state index is 0.123. The second-order valence-corrected chi connectivity index (χ2v) is 4.16. The Morgan fingerprint density at radius 3 is 2.63 bits per heavy atom. The summed E-state index contributed by atoms with van der Waals surface area (Å²) in [7, 11) is 0. The molecule has 0 atom stereocenters. The molecule has 0 aliphatic carbocycles. The van der Waals surface area contributed by atoms with Gasteiger partial charge in [0.05, 0.1) is 11.6 Å². The molecule has 0 bridgehead atoms. The molecule has 96 valence electrons. The van der Waals surface area contributed by atoms with Crippen LogP contribution >= 0.6 is 0 Å². The van der Waals surface area contributed by atoms with Crippen LogP contribution in [0.5, 0.6) is 5.75 Å². The number of halogens is 2. The van der Waals surface area contributed by atoms with Crippen molar-refractivity contribution in [3.05, 3.63) is 64.7 Å². The van der Waals surface area contributed by atoms with E-state index in [2.05, 4.69) is 0 Å². The van der Waals surface area contributed by atoms with Crippen molar-refractivity contribution < 1.29 is 13.5 Å². The van der Waals surface area contributed by atoms with Crippen LogP contribution in [-0.4, -0.2) is 0 Å². The van der Waals surface area contributed by atoms with Gasteiger partial charge in [0.15, 0.2) is 0 Å². The molecule has 0 unspecified atom stereocenters. The van der Waals surface area contributed by atoms with Gasteiger partial charge >= 0.3 is 0 Å². The second kappa shape index (κ2) is 5.49. The molecule has 0 aliphatic heterocycles. The molecule has 2 aromatic rings. The van der Waals surface area contributed by atoms with Crippen molar-refractivity contribution in [1.29, 1.82) is 5.26 Å². The van der Waals surface area contributed by atoms with Gasteiger partial charge in [-0.2, -0.15) is 5.26 Å². The highest BCUT2D eigenvalue weighted by atomic mass is 19.1. The van der Waals surface area contributed by atoms with Gasteiger partial charge in [0.1, 0.15) is 24.0 Å². The van der Waals surface area contributed by atoms with E-state index in [1.165, 1.54) is 18.2 Å². The molecule has 2 rings (SSSR count). The van der Waals surface area contributed by atoms with Crippen molar-refractivity contribution in [3.63, 3.8) is 0 Å². The molecule has 2 aromatic carbocycles. The molecular formula is C15H11F2NO. The van der Waals surface area contributed by atoms with E-state index in [1.807, 2.05) is 6.07 Å². The first-order valence-electron chi connectivity index (χ1n) is 5.67. The van der Waals surface area contributed by atoms with Crippen LogP contribution in [0.1, 0.15) is 16.7 Å². The highest BCUT2D eigenvalue weighted by molar-refractivity contribution is 5.34. The van der Waals surface area contributed by atoms with Crippen LogP contribution in [0.15, 0.2) is 36.4 Å². The first-order valence-corrected chi connectivity index (χ1v) is 5.67. The summed E-state index contributed by atoms with van der Waals surface area (Å²) in [6, 6.07) is 10.3. The molecule has 0 aliphatic rings. The number of nitrogens with zero attached hydrogens (tertiary/aromatic N) is 1. The van der Waals surface area contributed by atoms with Crippen LogP contribution in [0.4, 0.5) is 8.78 Å². The summed E-state index contributed by atoms with van der Waals surface area (Å²) in [5.74, 6) is -0.278. The lowest BCUT2D eigenvalue weighted by Gasteiger charge is -2.08. The Bertz CT molecular complexity index is 647. The maximum atomic E-state index is 13.2. The van der Waals surface area contributed by atoms with Gasteiger partial charge in [-0.05, 0) is 54.4 Å². The van der Waals surface area contributed by atoms with E-state index in [-0.39, 0.29) is 18.0 Å². The van der Waals surface area contributed by atoms with Gasteiger partial charge in [0.25, 0.3) is 0 Å². The van der Waals surface area contributed by atoms with Crippen molar-refractivity contribution in [2.24, 2.45) is 0 Å². The fourth-order valence-electron chi connectivity index (χ4n) is 1.67. The molecule has 2 nitrogen and oxygen atoms in total. The standard InChI is InChI=1S/C15H11F2NO/c1-10-4-14(2-3-15(10)17)19-9-12-5-11(8-18)6-13(16)7-12/h2-7H,9H2,1H3. The first-order chi connectivity index (χ1) is 9.08. The van der Waals surface area contributed by atoms with E-state index in [0.29, 0.717) is 16.9 Å². The summed E-state index contributed by atoms with van der Waals surface area (Å²) in [5.41, 5.74) is 1.28. The summed E-state index contributed by atoms with van der Waals surface area (Å²) in [5, 5.41) is 8.74. The predicted molar refractivity (Wildman–Crippen MR) is 66.6 cm³/mol. The highest BCUT2D eigenvalue weighted by Crippen LogP contribution is 2.18. The Morgan fingerprint density at radius 1 is 1.16 bits per heavy atom. The summed E-state index contributed by atoms with van der Waals surface area (Å²) in [6.07, 6.45) is 0. The summed E-state index contributed by atoms with van der Waals surface area (Å²) >= 11 is 0. The van der Waals surface area contributed by atoms with Gasteiger partial charge in [-0.1, -0.05) is 0 Å². The normalized spacial score (nSPS) is 10.0. The molecule has 4 heteroatoms. The van der Waals surface area contributed by atoms with Crippen molar-refractivity contribution in [2.75, 3.05) is 0 Å². The van der Waals surface area contributed by atoms with E-state index in [9.17, 15) is 8.78 Å². The van der Waals surface area contributed by atoms with Gasteiger partial charge in [-0.3, -0.25) is 0 Å². The molecule has 19 heavy (non-hydrogen) atoms. The van der Waals surface area contributed by atoms with E-state index in [4.69, 9.17) is 10.00 Å². The number of benzene rings is 2. The van der Waals surface area contributed by atoms with Crippen LogP contribution in [0.2, 0.25) is 0 Å². The molecule has 0 spiro atoms. The minimum atomic E-state index is -0.479. The van der Waals surface area contributed by atoms with Crippen molar-refractivity contribution in [1.82, 2.24) is 0 Å². The lowest BCUT2D eigenvalue weighted by molar-refractivity contribution is 0.305. The van der Waals surface area contributed by atoms with Crippen molar-refractivity contribution >= 4 is 0 Å². The third-order valence-electron chi connectivity index (χ3n) is 2.62. The Hall–Kier alpha value is -2.41. The van der Waals surface area contributed by atoms with Gasteiger partial charge in [0, 0.05) is 0 Å². The van der Waals surface area contributed by atoms with Crippen LogP contribution in [0, 0.1) is 29.9 Å². The molecule has 0 saturated heterocycles. The number of hydrogen-bond acceptors (Lipinski definition) is 2. The van der Waals surface area contributed by atoms with Gasteiger partial charge in [0.2, 0.25) is 0 Å². The molecule has 0 heterocycles. The molecule has 0 fully saturated rings. The lowest BCUT2D eigenvalue weighted by atomic mass is 10.1. The van der Waals surface area contributed by atoms with Gasteiger partial charge in [-0.15, -0.1) is 0 Å². The minimum Gasteiger partial charge on any atom is -0.489 e. The summed E-state index contributed by atoms with van der Waals surface area (Å²) in [6.45, 7) is 1.76. The van der Waals surface area contributed by atoms with E-state index < -0.39 is 5.82 Å². The van der Waals surface area contributed by atoms with Crippen LogP contribution in [0.25, 0.3) is 0 Å². The third-order valence-corrected chi connectivity index (χ3v) is 2.62. The average Bonchev–Trinajstić information content (AvgIpc) is 2.39. The maximum Gasteiger partial charge on any atom is 0.126 e. The van der Waals surface area contributed by atoms with Crippen LogP contribution in [0.3, 0.4) is 0 Å². The number of rotatable bonds is 3. The molecule has 0 N–H and O–H groups in total. The predicted octanol–water partition coefficient (Wildman–Crippen LogP) is 3.72. The largest absolute Gasteiger partial charge is 0.489 e. The van der Waals surface area contributed by atoms with Crippen molar-refractivity contribution in [2.45, 2.75) is 13.5 Å². The Labute approximate surface area is 109 Å². The molecule has 0 radical (unpaired) electrons. The van der Waals surface area contributed by atoms with Crippen LogP contribution in [-0.2, 0) is 6.61 Å². The number of hydrogen-bond donors (Lipinski definition) is 0. The van der Waals surface area contributed by atoms with Crippen LogP contribution < -0.4 is 4.74 Å². The van der Waals surface area contributed by atoms with Gasteiger partial charge < -0.3 is 4.74 Å². The SMILES string of the molecule is Cc1cc(OCc2cc(F)cc(C#N)c2)ccc1F. The van der Waals surface area contributed by atoms with E-state index in [0.717, 1.165) is 6.07 Å². The number of nitriles is 1. The molecule has 0 amide bonds. The fourth-order valence-corrected chi connectivity index (χ4v) is 1.67. The maximum absolute atomic E-state index is 13.2. The zero-order valence-electron chi connectivity index (χ0n) is 10.3. The Balaban J connectivity index is 2.12.